The van der Waals surface area contributed by atoms with Gasteiger partial charge in [0.05, 0.1) is 12.2 Å². The van der Waals surface area contributed by atoms with Crippen LogP contribution in [-0.2, 0) is 11.2 Å². The molecule has 120 valence electrons. The number of carbonyl (C=O) groups is 1. The van der Waals surface area contributed by atoms with E-state index in [1.807, 2.05) is 36.6 Å². The molecule has 4 heteroatoms. The highest BCUT2D eigenvalue weighted by Crippen LogP contribution is 2.30. The minimum absolute atomic E-state index is 0.0371. The summed E-state index contributed by atoms with van der Waals surface area (Å²) in [7, 11) is 0. The van der Waals surface area contributed by atoms with Crippen LogP contribution in [0.5, 0.6) is 0 Å². The van der Waals surface area contributed by atoms with Crippen LogP contribution in [0.25, 0.3) is 0 Å². The first-order valence-electron chi connectivity index (χ1n) is 7.96. The van der Waals surface area contributed by atoms with Gasteiger partial charge in [0.2, 0.25) is 5.91 Å². The fourth-order valence-electron chi connectivity index (χ4n) is 3.09. The highest BCUT2D eigenvalue weighted by molar-refractivity contribution is 7.98. The summed E-state index contributed by atoms with van der Waals surface area (Å²) in [5.74, 6) is 0.0371. The van der Waals surface area contributed by atoms with Crippen LogP contribution >= 0.6 is 11.8 Å². The van der Waals surface area contributed by atoms with E-state index in [-0.39, 0.29) is 5.91 Å². The fourth-order valence-corrected chi connectivity index (χ4v) is 3.65. The second-order valence-electron chi connectivity index (χ2n) is 5.89. The van der Waals surface area contributed by atoms with Crippen molar-refractivity contribution in [2.24, 2.45) is 0 Å². The Labute approximate surface area is 142 Å². The number of nitrogens with one attached hydrogen (secondary N) is 1. The van der Waals surface area contributed by atoms with Gasteiger partial charge in [-0.3, -0.25) is 4.79 Å². The maximum atomic E-state index is 12.5. The molecule has 3 nitrogen and oxygen atoms in total. The smallest absolute Gasteiger partial charge is 0.243 e. The summed E-state index contributed by atoms with van der Waals surface area (Å²) in [5.41, 5.74) is 3.42. The lowest BCUT2D eigenvalue weighted by atomic mass is 9.96. The molecule has 3 rings (SSSR count). The summed E-state index contributed by atoms with van der Waals surface area (Å²) >= 11 is 1.64. The molecule has 1 aliphatic heterocycles. The topological polar surface area (TPSA) is 32.3 Å². The number of benzene rings is 2. The average Bonchev–Trinajstić information content (AvgIpc) is 2.58. The quantitative estimate of drug-likeness (QED) is 0.855. The van der Waals surface area contributed by atoms with E-state index >= 15 is 0 Å². The van der Waals surface area contributed by atoms with Gasteiger partial charge in [-0.05, 0) is 49.8 Å². The number of aryl methyl sites for hydroxylation is 1. The van der Waals surface area contributed by atoms with Gasteiger partial charge >= 0.3 is 0 Å². The molecular weight excluding hydrogens is 304 g/mol. The van der Waals surface area contributed by atoms with E-state index in [1.165, 1.54) is 11.3 Å². The molecule has 1 amide bonds. The molecule has 0 aliphatic carbocycles. The molecule has 1 aliphatic rings. The lowest BCUT2D eigenvalue weighted by Gasteiger charge is -2.36. The number of rotatable bonds is 4. The van der Waals surface area contributed by atoms with Gasteiger partial charge < -0.3 is 10.2 Å². The third-order valence-corrected chi connectivity index (χ3v) is 5.16. The van der Waals surface area contributed by atoms with E-state index in [9.17, 15) is 4.79 Å². The van der Waals surface area contributed by atoms with Crippen LogP contribution in [0.2, 0.25) is 0 Å². The van der Waals surface area contributed by atoms with E-state index in [0.29, 0.717) is 12.6 Å². The Kier molecular flexibility index (Phi) is 4.91. The van der Waals surface area contributed by atoms with Gasteiger partial charge in [-0.1, -0.05) is 30.3 Å². The molecule has 2 aromatic carbocycles. The molecule has 0 saturated heterocycles. The zero-order chi connectivity index (χ0) is 16.2. The van der Waals surface area contributed by atoms with Crippen molar-refractivity contribution in [1.29, 1.82) is 0 Å². The number of thioether (sulfide) groups is 1. The zero-order valence-electron chi connectivity index (χ0n) is 13.6. The van der Waals surface area contributed by atoms with E-state index in [2.05, 4.69) is 35.3 Å². The molecule has 23 heavy (non-hydrogen) atoms. The number of amides is 1. The summed E-state index contributed by atoms with van der Waals surface area (Å²) in [6.07, 6.45) is 4.20. The number of anilines is 2. The molecule has 0 fully saturated rings. The van der Waals surface area contributed by atoms with Crippen LogP contribution in [0.3, 0.4) is 0 Å². The first kappa shape index (κ1) is 15.9. The van der Waals surface area contributed by atoms with Crippen molar-refractivity contribution in [3.05, 3.63) is 54.1 Å². The van der Waals surface area contributed by atoms with Crippen molar-refractivity contribution in [2.45, 2.75) is 30.7 Å². The maximum Gasteiger partial charge on any atom is 0.243 e. The second-order valence-corrected chi connectivity index (χ2v) is 6.74. The molecule has 0 saturated carbocycles. The van der Waals surface area contributed by atoms with Gasteiger partial charge in [0, 0.05) is 16.6 Å². The van der Waals surface area contributed by atoms with Gasteiger partial charge in [0.1, 0.15) is 0 Å². The molecule has 1 heterocycles. The maximum absolute atomic E-state index is 12.5. The third-order valence-electron chi connectivity index (χ3n) is 4.36. The molecule has 0 aromatic heterocycles. The van der Waals surface area contributed by atoms with Crippen LogP contribution in [0.4, 0.5) is 11.4 Å². The van der Waals surface area contributed by atoms with E-state index in [1.54, 1.807) is 11.8 Å². The highest BCUT2D eigenvalue weighted by atomic mass is 32.2. The molecule has 1 atom stereocenters. The molecule has 1 N–H and O–H groups in total. The summed E-state index contributed by atoms with van der Waals surface area (Å²) in [6, 6.07) is 16.7. The lowest BCUT2D eigenvalue weighted by Crippen LogP contribution is -2.42. The van der Waals surface area contributed by atoms with Crippen LogP contribution in [-0.4, -0.2) is 24.7 Å². The first-order chi connectivity index (χ1) is 11.2. The first-order valence-corrected chi connectivity index (χ1v) is 9.19. The van der Waals surface area contributed by atoms with Gasteiger partial charge in [0.25, 0.3) is 0 Å². The number of nitrogens with zero attached hydrogens (tertiary/aromatic N) is 1. The molecule has 1 unspecified atom stereocenters. The second kappa shape index (κ2) is 7.09. The Morgan fingerprint density at radius 2 is 1.96 bits per heavy atom. The summed E-state index contributed by atoms with van der Waals surface area (Å²) in [6.45, 7) is 2.58. The fraction of sp³-hybridized carbons (Fsp3) is 0.316. The number of para-hydroxylation sites is 2. The Balaban J connectivity index is 1.75. The Morgan fingerprint density at radius 3 is 2.78 bits per heavy atom. The van der Waals surface area contributed by atoms with Crippen molar-refractivity contribution < 1.29 is 4.79 Å². The van der Waals surface area contributed by atoms with Crippen molar-refractivity contribution in [2.75, 3.05) is 23.0 Å². The minimum atomic E-state index is 0.0371. The van der Waals surface area contributed by atoms with Crippen molar-refractivity contribution in [3.63, 3.8) is 0 Å². The minimum Gasteiger partial charge on any atom is -0.359 e. The molecular formula is C19H22N2OS. The zero-order valence-corrected chi connectivity index (χ0v) is 14.4. The van der Waals surface area contributed by atoms with Crippen LogP contribution in [0.15, 0.2) is 53.4 Å². The van der Waals surface area contributed by atoms with E-state index < -0.39 is 0 Å². The average molecular weight is 326 g/mol. The summed E-state index contributed by atoms with van der Waals surface area (Å²) < 4.78 is 0. The third kappa shape index (κ3) is 3.53. The summed E-state index contributed by atoms with van der Waals surface area (Å²) in [4.78, 5) is 15.9. The SMILES string of the molecule is CSc1ccccc1NC(=O)CN1c2ccccc2CCC1C. The summed E-state index contributed by atoms with van der Waals surface area (Å²) in [5, 5.41) is 3.06. The van der Waals surface area contributed by atoms with Gasteiger partial charge in [-0.15, -0.1) is 11.8 Å². The highest BCUT2D eigenvalue weighted by Gasteiger charge is 2.24. The van der Waals surface area contributed by atoms with Gasteiger partial charge in [-0.2, -0.15) is 0 Å². The number of fused-ring (bicyclic) bond motifs is 1. The molecule has 0 spiro atoms. The van der Waals surface area contributed by atoms with Gasteiger partial charge in [0.15, 0.2) is 0 Å². The van der Waals surface area contributed by atoms with Crippen LogP contribution < -0.4 is 10.2 Å². The standard InChI is InChI=1S/C19H22N2OS/c1-14-11-12-15-7-3-5-9-17(15)21(14)13-19(22)20-16-8-4-6-10-18(16)23-2/h3-10,14H,11-13H2,1-2H3,(H,20,22). The predicted octanol–water partition coefficient (Wildman–Crippen LogP) is 4.19. The predicted molar refractivity (Wildman–Crippen MR) is 98.4 cm³/mol. The number of carbonyl (C=O) groups excluding carboxylic acids is 1. The van der Waals surface area contributed by atoms with Crippen LogP contribution in [0.1, 0.15) is 18.9 Å². The van der Waals surface area contributed by atoms with Crippen molar-refractivity contribution >= 4 is 29.0 Å². The van der Waals surface area contributed by atoms with Crippen LogP contribution in [0, 0.1) is 0 Å². The normalized spacial score (nSPS) is 16.8. The Morgan fingerprint density at radius 1 is 1.22 bits per heavy atom. The largest absolute Gasteiger partial charge is 0.359 e. The van der Waals surface area contributed by atoms with E-state index in [4.69, 9.17) is 0 Å². The molecule has 0 bridgehead atoms. The number of hydrogen-bond donors (Lipinski definition) is 1. The van der Waals surface area contributed by atoms with Gasteiger partial charge in [-0.25, -0.2) is 0 Å². The molecule has 2 aromatic rings. The molecule has 0 radical (unpaired) electrons. The van der Waals surface area contributed by atoms with Crippen molar-refractivity contribution in [3.8, 4) is 0 Å². The Bertz CT molecular complexity index is 701. The number of hydrogen-bond acceptors (Lipinski definition) is 3. The van der Waals surface area contributed by atoms with Crippen molar-refractivity contribution in [1.82, 2.24) is 0 Å². The monoisotopic (exact) mass is 326 g/mol. The lowest BCUT2D eigenvalue weighted by molar-refractivity contribution is -0.115. The Hall–Kier alpha value is -1.94. The van der Waals surface area contributed by atoms with E-state index in [0.717, 1.165) is 23.4 Å².